The lowest BCUT2D eigenvalue weighted by atomic mass is 10.2. The van der Waals surface area contributed by atoms with Crippen molar-refractivity contribution in [3.8, 4) is 0 Å². The predicted molar refractivity (Wildman–Crippen MR) is 110 cm³/mol. The van der Waals surface area contributed by atoms with E-state index < -0.39 is 0 Å². The maximum atomic E-state index is 13.0. The number of hydrogen-bond donors (Lipinski definition) is 1. The normalized spacial score (nSPS) is 16.1. The fourth-order valence-electron chi connectivity index (χ4n) is 3.87. The van der Waals surface area contributed by atoms with Crippen molar-refractivity contribution in [2.24, 2.45) is 0 Å². The molecule has 0 radical (unpaired) electrons. The molecule has 1 fully saturated rings. The van der Waals surface area contributed by atoms with Gasteiger partial charge in [0.25, 0.3) is 11.8 Å². The second kappa shape index (κ2) is 8.52. The van der Waals surface area contributed by atoms with Gasteiger partial charge in [0.05, 0.1) is 24.3 Å². The van der Waals surface area contributed by atoms with Crippen LogP contribution in [0.25, 0.3) is 0 Å². The molecule has 0 saturated carbocycles. The summed E-state index contributed by atoms with van der Waals surface area (Å²) in [5.74, 6) is 1.08. The Hall–Kier alpha value is -3.42. The molecule has 1 aliphatic heterocycles. The van der Waals surface area contributed by atoms with Gasteiger partial charge in [-0.05, 0) is 38.3 Å². The number of furan rings is 1. The van der Waals surface area contributed by atoms with Gasteiger partial charge in [0.15, 0.2) is 5.69 Å². The fraction of sp³-hybridized carbons (Fsp3) is 0.364. The first-order valence-corrected chi connectivity index (χ1v) is 10.1. The Morgan fingerprint density at radius 1 is 1.23 bits per heavy atom. The van der Waals surface area contributed by atoms with E-state index in [-0.39, 0.29) is 23.6 Å². The van der Waals surface area contributed by atoms with Crippen molar-refractivity contribution in [3.05, 3.63) is 70.9 Å². The summed E-state index contributed by atoms with van der Waals surface area (Å²) < 4.78 is 7.15. The minimum Gasteiger partial charge on any atom is -0.466 e. The number of aryl methyl sites for hydroxylation is 2. The van der Waals surface area contributed by atoms with E-state index in [1.54, 1.807) is 16.9 Å². The predicted octanol–water partition coefficient (Wildman–Crippen LogP) is 2.72. The molecule has 0 bridgehead atoms. The van der Waals surface area contributed by atoms with E-state index in [4.69, 9.17) is 4.42 Å². The number of nitrogens with zero attached hydrogens (tertiary/aromatic N) is 4. The van der Waals surface area contributed by atoms with Gasteiger partial charge in [-0.2, -0.15) is 0 Å². The van der Waals surface area contributed by atoms with Crippen molar-refractivity contribution in [1.82, 2.24) is 25.2 Å². The maximum Gasteiger partial charge on any atom is 0.273 e. The van der Waals surface area contributed by atoms with Gasteiger partial charge in [-0.3, -0.25) is 9.59 Å². The molecule has 1 aliphatic rings. The van der Waals surface area contributed by atoms with E-state index in [1.807, 2.05) is 49.1 Å². The minimum absolute atomic E-state index is 0.00837. The van der Waals surface area contributed by atoms with Gasteiger partial charge in [-0.25, -0.2) is 4.68 Å². The van der Waals surface area contributed by atoms with Gasteiger partial charge in [0, 0.05) is 13.1 Å². The molecule has 156 valence electrons. The van der Waals surface area contributed by atoms with Crippen LogP contribution in [0, 0.1) is 13.8 Å². The first-order valence-electron chi connectivity index (χ1n) is 10.1. The lowest BCUT2D eigenvalue weighted by molar-refractivity contribution is 0.0719. The van der Waals surface area contributed by atoms with Crippen LogP contribution in [-0.2, 0) is 13.1 Å². The smallest absolute Gasteiger partial charge is 0.273 e. The number of carbonyl (C=O) groups is 2. The summed E-state index contributed by atoms with van der Waals surface area (Å²) in [6.45, 7) is 5.28. The first kappa shape index (κ1) is 19.9. The van der Waals surface area contributed by atoms with Gasteiger partial charge < -0.3 is 14.6 Å². The van der Waals surface area contributed by atoms with Crippen LogP contribution in [0.1, 0.15) is 50.8 Å². The van der Waals surface area contributed by atoms with Crippen LogP contribution >= 0.6 is 0 Å². The summed E-state index contributed by atoms with van der Waals surface area (Å²) in [4.78, 5) is 27.2. The highest BCUT2D eigenvalue weighted by Gasteiger charge is 2.31. The molecular weight excluding hydrogens is 382 g/mol. The molecule has 2 amide bonds. The topological polar surface area (TPSA) is 93.3 Å². The molecule has 0 aliphatic carbocycles. The molecule has 3 heterocycles. The van der Waals surface area contributed by atoms with Crippen molar-refractivity contribution in [2.75, 3.05) is 6.54 Å². The number of aromatic nitrogens is 3. The van der Waals surface area contributed by atoms with Crippen LogP contribution in [0.2, 0.25) is 0 Å². The second-order valence-corrected chi connectivity index (χ2v) is 7.62. The van der Waals surface area contributed by atoms with Crippen molar-refractivity contribution in [1.29, 1.82) is 0 Å². The molecule has 8 heteroatoms. The lowest BCUT2D eigenvalue weighted by Crippen LogP contribution is -2.38. The first-order chi connectivity index (χ1) is 14.5. The summed E-state index contributed by atoms with van der Waals surface area (Å²) >= 11 is 0. The Balaban J connectivity index is 1.38. The molecule has 0 unspecified atom stereocenters. The molecular formula is C22H25N5O3. The van der Waals surface area contributed by atoms with Gasteiger partial charge in [0.1, 0.15) is 11.5 Å². The number of amides is 2. The van der Waals surface area contributed by atoms with Crippen molar-refractivity contribution >= 4 is 11.8 Å². The monoisotopic (exact) mass is 407 g/mol. The van der Waals surface area contributed by atoms with Crippen molar-refractivity contribution in [2.45, 2.75) is 45.8 Å². The van der Waals surface area contributed by atoms with Gasteiger partial charge in [-0.1, -0.05) is 35.5 Å². The zero-order valence-electron chi connectivity index (χ0n) is 17.2. The van der Waals surface area contributed by atoms with E-state index in [0.29, 0.717) is 31.0 Å². The molecule has 4 rings (SSSR count). The number of likely N-dealkylation sites (tertiary alicyclic amines) is 1. The number of carbonyl (C=O) groups excluding carboxylic acids is 2. The Kier molecular flexibility index (Phi) is 5.65. The zero-order valence-corrected chi connectivity index (χ0v) is 17.2. The highest BCUT2D eigenvalue weighted by molar-refractivity contribution is 5.95. The number of nitrogens with one attached hydrogen (secondary N) is 1. The van der Waals surface area contributed by atoms with Crippen LogP contribution in [-0.4, -0.2) is 44.3 Å². The maximum absolute atomic E-state index is 13.0. The fourth-order valence-corrected chi connectivity index (χ4v) is 3.87. The molecule has 8 nitrogen and oxygen atoms in total. The molecule has 0 spiro atoms. The van der Waals surface area contributed by atoms with E-state index in [0.717, 1.165) is 24.2 Å². The second-order valence-electron chi connectivity index (χ2n) is 7.62. The van der Waals surface area contributed by atoms with E-state index >= 15 is 0 Å². The average Bonchev–Trinajstić information content (AvgIpc) is 3.47. The SMILES string of the molecule is Cc1cc(C(=O)N2CCC[C@H]2Cn2cc(C(=O)NCc3ccccc3)nn2)c(C)o1. The summed E-state index contributed by atoms with van der Waals surface area (Å²) in [6, 6.07) is 11.5. The molecule has 1 atom stereocenters. The van der Waals surface area contributed by atoms with Crippen molar-refractivity contribution in [3.63, 3.8) is 0 Å². The molecule has 30 heavy (non-hydrogen) atoms. The zero-order chi connectivity index (χ0) is 21.1. The number of benzene rings is 1. The van der Waals surface area contributed by atoms with Crippen LogP contribution in [0.5, 0.6) is 0 Å². The van der Waals surface area contributed by atoms with Crippen LogP contribution in [0.3, 0.4) is 0 Å². The summed E-state index contributed by atoms with van der Waals surface area (Å²) in [6.07, 6.45) is 3.46. The Bertz CT molecular complexity index is 1040. The van der Waals surface area contributed by atoms with Crippen LogP contribution < -0.4 is 5.32 Å². The highest BCUT2D eigenvalue weighted by Crippen LogP contribution is 2.24. The van der Waals surface area contributed by atoms with Gasteiger partial charge in [0.2, 0.25) is 0 Å². The lowest BCUT2D eigenvalue weighted by Gasteiger charge is -2.24. The molecule has 3 aromatic rings. The minimum atomic E-state index is -0.269. The quantitative estimate of drug-likeness (QED) is 0.678. The van der Waals surface area contributed by atoms with Crippen molar-refractivity contribution < 1.29 is 14.0 Å². The number of rotatable bonds is 6. The summed E-state index contributed by atoms with van der Waals surface area (Å²) in [5.41, 5.74) is 1.89. The molecule has 1 N–H and O–H groups in total. The average molecular weight is 407 g/mol. The van der Waals surface area contributed by atoms with Crippen LogP contribution in [0.15, 0.2) is 47.0 Å². The Morgan fingerprint density at radius 3 is 2.77 bits per heavy atom. The van der Waals surface area contributed by atoms with Crippen LogP contribution in [0.4, 0.5) is 0 Å². The molecule has 1 aromatic carbocycles. The van der Waals surface area contributed by atoms with E-state index in [2.05, 4.69) is 15.6 Å². The van der Waals surface area contributed by atoms with E-state index in [9.17, 15) is 9.59 Å². The largest absolute Gasteiger partial charge is 0.466 e. The van der Waals surface area contributed by atoms with Gasteiger partial charge in [-0.15, -0.1) is 5.10 Å². The Labute approximate surface area is 174 Å². The molecule has 2 aromatic heterocycles. The third-order valence-electron chi connectivity index (χ3n) is 5.37. The Morgan fingerprint density at radius 2 is 2.03 bits per heavy atom. The van der Waals surface area contributed by atoms with E-state index in [1.165, 1.54) is 0 Å². The third kappa shape index (κ3) is 4.27. The highest BCUT2D eigenvalue weighted by atomic mass is 16.3. The third-order valence-corrected chi connectivity index (χ3v) is 5.37. The molecule has 1 saturated heterocycles. The van der Waals surface area contributed by atoms with Gasteiger partial charge >= 0.3 is 0 Å². The standard InChI is InChI=1S/C22H25N5O3/c1-15-11-19(16(2)30-15)22(29)27-10-6-9-18(27)13-26-14-20(24-25-26)21(28)23-12-17-7-4-3-5-8-17/h3-5,7-8,11,14,18H,6,9-10,12-13H2,1-2H3,(H,23,28)/t18-/m0/s1. The number of hydrogen-bond acceptors (Lipinski definition) is 5. The summed E-state index contributed by atoms with van der Waals surface area (Å²) in [5, 5.41) is 10.9. The summed E-state index contributed by atoms with van der Waals surface area (Å²) in [7, 11) is 0.